The number of halogens is 2. The summed E-state index contributed by atoms with van der Waals surface area (Å²) in [5, 5.41) is 0. The Morgan fingerprint density at radius 2 is 1.70 bits per heavy atom. The lowest BCUT2D eigenvalue weighted by Gasteiger charge is -2.16. The van der Waals surface area contributed by atoms with Crippen molar-refractivity contribution in [3.8, 4) is 0 Å². The quantitative estimate of drug-likeness (QED) is 0.545. The van der Waals surface area contributed by atoms with Crippen LogP contribution in [0.1, 0.15) is 44.6 Å². The number of fused-ring (bicyclic) bond motifs is 1. The van der Waals surface area contributed by atoms with E-state index < -0.39 is 0 Å². The molecule has 0 heterocycles. The summed E-state index contributed by atoms with van der Waals surface area (Å²) in [6, 6.07) is 11.5. The van der Waals surface area contributed by atoms with Gasteiger partial charge in [-0.1, -0.05) is 56.1 Å². The third kappa shape index (κ3) is 2.60. The first-order chi connectivity index (χ1) is 9.56. The van der Waals surface area contributed by atoms with Crippen LogP contribution in [-0.2, 0) is 12.8 Å². The molecule has 0 nitrogen and oxygen atoms in total. The molecule has 2 aromatic rings. The van der Waals surface area contributed by atoms with E-state index in [1.165, 1.54) is 51.6 Å². The van der Waals surface area contributed by atoms with Gasteiger partial charge in [0.25, 0.3) is 0 Å². The third-order valence-electron chi connectivity index (χ3n) is 4.24. The molecule has 3 rings (SSSR count). The van der Waals surface area contributed by atoms with E-state index in [0.717, 1.165) is 0 Å². The van der Waals surface area contributed by atoms with Crippen LogP contribution in [0, 0.1) is 13.8 Å². The summed E-state index contributed by atoms with van der Waals surface area (Å²) in [6.45, 7) is 4.33. The Bertz CT molecular complexity index is 659. The maximum absolute atomic E-state index is 3.90. The summed E-state index contributed by atoms with van der Waals surface area (Å²) < 4.78 is 1.19. The second kappa shape index (κ2) is 5.65. The summed E-state index contributed by atoms with van der Waals surface area (Å²) in [6.07, 6.45) is 3.79. The normalized spacial score (nSPS) is 15.2. The fraction of sp³-hybridized carbons (Fsp3) is 0.333. The van der Waals surface area contributed by atoms with Gasteiger partial charge in [-0.25, -0.2) is 0 Å². The molecular weight excluding hydrogens is 376 g/mol. The van der Waals surface area contributed by atoms with Gasteiger partial charge >= 0.3 is 0 Å². The Hall–Kier alpha value is -0.600. The fourth-order valence-corrected chi connectivity index (χ4v) is 4.24. The van der Waals surface area contributed by atoms with Gasteiger partial charge in [0.2, 0.25) is 0 Å². The number of rotatable bonds is 2. The minimum absolute atomic E-state index is 0.278. The third-order valence-corrected chi connectivity index (χ3v) is 6.11. The highest BCUT2D eigenvalue weighted by molar-refractivity contribution is 9.10. The van der Waals surface area contributed by atoms with Crippen LogP contribution in [0.3, 0.4) is 0 Å². The maximum atomic E-state index is 3.90. The number of hydrogen-bond donors (Lipinski definition) is 0. The van der Waals surface area contributed by atoms with Gasteiger partial charge < -0.3 is 0 Å². The average Bonchev–Trinajstić information content (AvgIpc) is 2.89. The predicted molar refractivity (Wildman–Crippen MR) is 92.9 cm³/mol. The lowest BCUT2D eigenvalue weighted by molar-refractivity contribution is 0.911. The minimum Gasteiger partial charge on any atom is -0.0786 e. The number of aryl methyl sites for hydroxylation is 4. The standard InChI is InChI=1S/C18H18Br2/c1-11-9-17(19)12(2)8-16(11)18(20)15-7-6-13-4-3-5-14(13)10-15/h6-10,18H,3-5H2,1-2H3. The van der Waals surface area contributed by atoms with Crippen molar-refractivity contribution < 1.29 is 0 Å². The number of alkyl halides is 1. The van der Waals surface area contributed by atoms with Crippen LogP contribution in [-0.4, -0.2) is 0 Å². The Morgan fingerprint density at radius 3 is 2.50 bits per heavy atom. The molecule has 0 aromatic heterocycles. The van der Waals surface area contributed by atoms with Gasteiger partial charge in [0.1, 0.15) is 0 Å². The highest BCUT2D eigenvalue weighted by Gasteiger charge is 2.17. The summed E-state index contributed by atoms with van der Waals surface area (Å²) in [5.74, 6) is 0. The summed E-state index contributed by atoms with van der Waals surface area (Å²) in [7, 11) is 0. The molecule has 1 atom stereocenters. The van der Waals surface area contributed by atoms with E-state index >= 15 is 0 Å². The van der Waals surface area contributed by atoms with Crippen molar-refractivity contribution in [2.75, 3.05) is 0 Å². The van der Waals surface area contributed by atoms with Crippen LogP contribution in [0.15, 0.2) is 34.8 Å². The molecule has 2 aromatic carbocycles. The molecule has 0 spiro atoms. The molecule has 0 saturated carbocycles. The van der Waals surface area contributed by atoms with Crippen LogP contribution in [0.5, 0.6) is 0 Å². The molecule has 1 aliphatic rings. The molecule has 0 amide bonds. The first-order valence-electron chi connectivity index (χ1n) is 7.08. The largest absolute Gasteiger partial charge is 0.0786 e. The van der Waals surface area contributed by atoms with Crippen molar-refractivity contribution >= 4 is 31.9 Å². The fourth-order valence-electron chi connectivity index (χ4n) is 3.01. The van der Waals surface area contributed by atoms with Crippen molar-refractivity contribution in [1.82, 2.24) is 0 Å². The zero-order valence-electron chi connectivity index (χ0n) is 11.8. The molecular formula is C18H18Br2. The van der Waals surface area contributed by atoms with E-state index in [0.29, 0.717) is 0 Å². The van der Waals surface area contributed by atoms with E-state index in [4.69, 9.17) is 0 Å². The summed E-state index contributed by atoms with van der Waals surface area (Å²) in [4.78, 5) is 0.278. The van der Waals surface area contributed by atoms with E-state index in [9.17, 15) is 0 Å². The van der Waals surface area contributed by atoms with Gasteiger partial charge in [0, 0.05) is 4.47 Å². The van der Waals surface area contributed by atoms with Crippen LogP contribution in [0.2, 0.25) is 0 Å². The molecule has 0 N–H and O–H groups in total. The Balaban J connectivity index is 2.00. The van der Waals surface area contributed by atoms with Crippen LogP contribution in [0.4, 0.5) is 0 Å². The smallest absolute Gasteiger partial charge is 0.0647 e. The Kier molecular flexibility index (Phi) is 4.05. The maximum Gasteiger partial charge on any atom is 0.0647 e. The van der Waals surface area contributed by atoms with Crippen molar-refractivity contribution in [3.63, 3.8) is 0 Å². The summed E-state index contributed by atoms with van der Waals surface area (Å²) >= 11 is 7.51. The molecule has 2 heteroatoms. The topological polar surface area (TPSA) is 0 Å². The SMILES string of the molecule is Cc1cc(C(Br)c2ccc3c(c2)CCC3)c(C)cc1Br. The highest BCUT2D eigenvalue weighted by Crippen LogP contribution is 2.37. The molecule has 0 bridgehead atoms. The molecule has 1 unspecified atom stereocenters. The molecule has 104 valence electrons. The Morgan fingerprint density at radius 1 is 0.950 bits per heavy atom. The lowest BCUT2D eigenvalue weighted by atomic mass is 9.96. The zero-order valence-corrected chi connectivity index (χ0v) is 15.0. The molecule has 0 aliphatic heterocycles. The highest BCUT2D eigenvalue weighted by atomic mass is 79.9. The molecule has 0 radical (unpaired) electrons. The van der Waals surface area contributed by atoms with Crippen LogP contribution >= 0.6 is 31.9 Å². The predicted octanol–water partition coefficient (Wildman–Crippen LogP) is 6.04. The molecule has 0 saturated heterocycles. The van der Waals surface area contributed by atoms with E-state index in [-0.39, 0.29) is 4.83 Å². The molecule has 20 heavy (non-hydrogen) atoms. The first kappa shape index (κ1) is 14.3. The van der Waals surface area contributed by atoms with E-state index in [2.05, 4.69) is 76.0 Å². The van der Waals surface area contributed by atoms with Gasteiger partial charge in [0.05, 0.1) is 4.83 Å². The van der Waals surface area contributed by atoms with Gasteiger partial charge in [-0.3, -0.25) is 0 Å². The van der Waals surface area contributed by atoms with Crippen LogP contribution < -0.4 is 0 Å². The zero-order chi connectivity index (χ0) is 14.3. The van der Waals surface area contributed by atoms with Crippen LogP contribution in [0.25, 0.3) is 0 Å². The van der Waals surface area contributed by atoms with Crippen molar-refractivity contribution in [2.45, 2.75) is 37.9 Å². The van der Waals surface area contributed by atoms with Crippen molar-refractivity contribution in [3.05, 3.63) is 68.2 Å². The number of hydrogen-bond acceptors (Lipinski definition) is 0. The second-order valence-corrected chi connectivity index (χ2v) is 7.47. The average molecular weight is 394 g/mol. The van der Waals surface area contributed by atoms with E-state index in [1.807, 2.05) is 0 Å². The van der Waals surface area contributed by atoms with Crippen molar-refractivity contribution in [2.24, 2.45) is 0 Å². The van der Waals surface area contributed by atoms with E-state index in [1.54, 1.807) is 5.56 Å². The Labute approximate surface area is 137 Å². The van der Waals surface area contributed by atoms with Gasteiger partial charge in [-0.15, -0.1) is 0 Å². The van der Waals surface area contributed by atoms with Gasteiger partial charge in [-0.2, -0.15) is 0 Å². The second-order valence-electron chi connectivity index (χ2n) is 5.70. The number of benzene rings is 2. The molecule has 0 fully saturated rings. The van der Waals surface area contributed by atoms with Crippen molar-refractivity contribution in [1.29, 1.82) is 0 Å². The summed E-state index contributed by atoms with van der Waals surface area (Å²) in [5.41, 5.74) is 8.43. The minimum atomic E-state index is 0.278. The first-order valence-corrected chi connectivity index (χ1v) is 8.79. The lowest BCUT2D eigenvalue weighted by Crippen LogP contribution is -1.98. The van der Waals surface area contributed by atoms with Gasteiger partial charge in [0.15, 0.2) is 0 Å². The molecule has 1 aliphatic carbocycles. The monoisotopic (exact) mass is 392 g/mol. The van der Waals surface area contributed by atoms with Gasteiger partial charge in [-0.05, 0) is 72.6 Å².